The van der Waals surface area contributed by atoms with E-state index in [4.69, 9.17) is 16.3 Å². The predicted molar refractivity (Wildman–Crippen MR) is 115 cm³/mol. The van der Waals surface area contributed by atoms with E-state index >= 15 is 0 Å². The van der Waals surface area contributed by atoms with Gasteiger partial charge in [0.15, 0.2) is 6.10 Å². The van der Waals surface area contributed by atoms with E-state index in [0.29, 0.717) is 10.6 Å². The standard InChI is InChI=1S/C24H23ClN2O3/c1-15-3-5-16(6-4-15)20-22(18-7-9-19(25)10-8-18)30-23(24(29)27(20)2)21(28)17-11-13-26-14-12-17/h3-14,20-23,28H,1-2H3/t20?,21-,22?,23?/m1/s1. The van der Waals surface area contributed by atoms with Crippen molar-refractivity contribution in [3.63, 3.8) is 0 Å². The lowest BCUT2D eigenvalue weighted by molar-refractivity contribution is -0.185. The van der Waals surface area contributed by atoms with Gasteiger partial charge < -0.3 is 14.7 Å². The van der Waals surface area contributed by atoms with Gasteiger partial charge in [-0.2, -0.15) is 0 Å². The molecule has 1 aliphatic rings. The van der Waals surface area contributed by atoms with Crippen LogP contribution in [0.1, 0.15) is 40.5 Å². The largest absolute Gasteiger partial charge is 0.385 e. The monoisotopic (exact) mass is 422 g/mol. The van der Waals surface area contributed by atoms with Crippen molar-refractivity contribution in [2.45, 2.75) is 31.3 Å². The Kier molecular flexibility index (Phi) is 5.86. The molecule has 1 aromatic heterocycles. The van der Waals surface area contributed by atoms with Gasteiger partial charge in [0.2, 0.25) is 0 Å². The number of pyridine rings is 1. The molecule has 0 aliphatic carbocycles. The molecule has 1 aliphatic heterocycles. The van der Waals surface area contributed by atoms with Gasteiger partial charge in [-0.1, -0.05) is 53.6 Å². The second-order valence-electron chi connectivity index (χ2n) is 7.56. The fraction of sp³-hybridized carbons (Fsp3) is 0.250. The number of ether oxygens (including phenoxy) is 1. The summed E-state index contributed by atoms with van der Waals surface area (Å²) in [4.78, 5) is 18.9. The Morgan fingerprint density at radius 2 is 1.60 bits per heavy atom. The number of likely N-dealkylation sites (N-methyl/N-ethyl adjacent to an activating group) is 1. The number of carbonyl (C=O) groups excluding carboxylic acids is 1. The molecule has 4 atom stereocenters. The number of amides is 1. The SMILES string of the molecule is Cc1ccc(C2C(c3ccc(Cl)cc3)OC([C@H](O)c3ccncc3)C(=O)N2C)cc1. The molecule has 2 aromatic carbocycles. The first-order chi connectivity index (χ1) is 14.5. The lowest BCUT2D eigenvalue weighted by atomic mass is 9.90. The van der Waals surface area contributed by atoms with E-state index in [2.05, 4.69) is 4.98 Å². The number of aliphatic hydroxyl groups excluding tert-OH is 1. The minimum Gasteiger partial charge on any atom is -0.385 e. The van der Waals surface area contributed by atoms with Gasteiger partial charge in [-0.3, -0.25) is 9.78 Å². The number of aliphatic hydroxyl groups is 1. The molecule has 2 heterocycles. The number of aryl methyl sites for hydroxylation is 1. The number of morpholine rings is 1. The van der Waals surface area contributed by atoms with Crippen molar-refractivity contribution in [1.82, 2.24) is 9.88 Å². The fourth-order valence-electron chi connectivity index (χ4n) is 3.85. The fourth-order valence-corrected chi connectivity index (χ4v) is 3.98. The number of halogens is 1. The average molecular weight is 423 g/mol. The third-order valence-corrected chi connectivity index (χ3v) is 5.79. The van der Waals surface area contributed by atoms with E-state index in [-0.39, 0.29) is 11.9 Å². The molecule has 0 saturated carbocycles. The number of benzene rings is 2. The van der Waals surface area contributed by atoms with Crippen molar-refractivity contribution in [2.75, 3.05) is 7.05 Å². The van der Waals surface area contributed by atoms with Crippen LogP contribution in [0, 0.1) is 6.92 Å². The third kappa shape index (κ3) is 3.97. The van der Waals surface area contributed by atoms with Crippen molar-refractivity contribution in [3.8, 4) is 0 Å². The van der Waals surface area contributed by atoms with E-state index in [1.807, 2.05) is 43.3 Å². The lowest BCUT2D eigenvalue weighted by Gasteiger charge is -2.44. The molecule has 1 amide bonds. The molecule has 5 nitrogen and oxygen atoms in total. The number of hydrogen-bond acceptors (Lipinski definition) is 4. The highest BCUT2D eigenvalue weighted by Gasteiger charge is 2.45. The summed E-state index contributed by atoms with van der Waals surface area (Å²) < 4.78 is 6.30. The Bertz CT molecular complexity index is 1010. The topological polar surface area (TPSA) is 62.7 Å². The van der Waals surface area contributed by atoms with Gasteiger partial charge in [-0.15, -0.1) is 0 Å². The Morgan fingerprint density at radius 1 is 1.00 bits per heavy atom. The third-order valence-electron chi connectivity index (χ3n) is 5.54. The van der Waals surface area contributed by atoms with Crippen LogP contribution in [0.5, 0.6) is 0 Å². The number of rotatable bonds is 4. The normalized spacial score (nSPS) is 22.7. The smallest absolute Gasteiger partial charge is 0.255 e. The summed E-state index contributed by atoms with van der Waals surface area (Å²) in [5.41, 5.74) is 3.57. The van der Waals surface area contributed by atoms with E-state index < -0.39 is 18.3 Å². The highest BCUT2D eigenvalue weighted by molar-refractivity contribution is 6.30. The zero-order chi connectivity index (χ0) is 21.3. The van der Waals surface area contributed by atoms with Gasteiger partial charge in [0.05, 0.1) is 6.04 Å². The first-order valence-electron chi connectivity index (χ1n) is 9.78. The van der Waals surface area contributed by atoms with Crippen LogP contribution in [-0.2, 0) is 9.53 Å². The maximum atomic E-state index is 13.2. The van der Waals surface area contributed by atoms with Crippen LogP contribution in [0.15, 0.2) is 73.1 Å². The van der Waals surface area contributed by atoms with Gasteiger partial charge in [0.1, 0.15) is 12.2 Å². The number of nitrogens with zero attached hydrogens (tertiary/aromatic N) is 2. The second-order valence-corrected chi connectivity index (χ2v) is 8.00. The number of hydrogen-bond donors (Lipinski definition) is 1. The number of carbonyl (C=O) groups is 1. The van der Waals surface area contributed by atoms with Gasteiger partial charge in [-0.05, 0) is 47.9 Å². The van der Waals surface area contributed by atoms with Gasteiger partial charge in [0.25, 0.3) is 5.91 Å². The first kappa shape index (κ1) is 20.5. The quantitative estimate of drug-likeness (QED) is 0.676. The molecule has 0 spiro atoms. The van der Waals surface area contributed by atoms with Crippen LogP contribution in [0.3, 0.4) is 0 Å². The molecule has 3 unspecified atom stereocenters. The maximum Gasteiger partial charge on any atom is 0.255 e. The Labute approximate surface area is 180 Å². The van der Waals surface area contributed by atoms with Crippen molar-refractivity contribution in [3.05, 3.63) is 100 Å². The van der Waals surface area contributed by atoms with E-state index in [1.54, 1.807) is 48.6 Å². The Hall–Kier alpha value is -2.73. The molecule has 6 heteroatoms. The second kappa shape index (κ2) is 8.56. The van der Waals surface area contributed by atoms with Crippen LogP contribution in [0.25, 0.3) is 0 Å². The summed E-state index contributed by atoms with van der Waals surface area (Å²) in [6, 6.07) is 18.5. The lowest BCUT2D eigenvalue weighted by Crippen LogP contribution is -2.51. The molecule has 3 aromatic rings. The summed E-state index contributed by atoms with van der Waals surface area (Å²) in [6.07, 6.45) is 0.577. The van der Waals surface area contributed by atoms with Crippen molar-refractivity contribution in [1.29, 1.82) is 0 Å². The molecule has 1 fully saturated rings. The van der Waals surface area contributed by atoms with Crippen LogP contribution in [0.2, 0.25) is 5.02 Å². The van der Waals surface area contributed by atoms with Crippen LogP contribution in [-0.4, -0.2) is 34.0 Å². The average Bonchev–Trinajstić information content (AvgIpc) is 2.77. The van der Waals surface area contributed by atoms with E-state index in [0.717, 1.165) is 16.7 Å². The summed E-state index contributed by atoms with van der Waals surface area (Å²) in [6.45, 7) is 2.02. The summed E-state index contributed by atoms with van der Waals surface area (Å²) >= 11 is 6.08. The van der Waals surface area contributed by atoms with E-state index in [1.165, 1.54) is 0 Å². The molecular weight excluding hydrogens is 400 g/mol. The van der Waals surface area contributed by atoms with Crippen molar-refractivity contribution >= 4 is 17.5 Å². The summed E-state index contributed by atoms with van der Waals surface area (Å²) in [7, 11) is 1.75. The van der Waals surface area contributed by atoms with E-state index in [9.17, 15) is 9.90 Å². The minimum atomic E-state index is -1.10. The van der Waals surface area contributed by atoms with Gasteiger partial charge in [0, 0.05) is 24.5 Å². The Morgan fingerprint density at radius 3 is 2.23 bits per heavy atom. The molecule has 1 N–H and O–H groups in total. The van der Waals surface area contributed by atoms with Crippen LogP contribution >= 0.6 is 11.6 Å². The zero-order valence-electron chi connectivity index (χ0n) is 16.8. The first-order valence-corrected chi connectivity index (χ1v) is 10.2. The van der Waals surface area contributed by atoms with Gasteiger partial charge in [-0.25, -0.2) is 0 Å². The highest BCUT2D eigenvalue weighted by atomic mass is 35.5. The molecule has 154 valence electrons. The van der Waals surface area contributed by atoms with Crippen molar-refractivity contribution < 1.29 is 14.6 Å². The zero-order valence-corrected chi connectivity index (χ0v) is 17.5. The number of aromatic nitrogens is 1. The van der Waals surface area contributed by atoms with Crippen LogP contribution < -0.4 is 0 Å². The Balaban J connectivity index is 1.74. The highest BCUT2D eigenvalue weighted by Crippen LogP contribution is 2.43. The van der Waals surface area contributed by atoms with Crippen LogP contribution in [0.4, 0.5) is 0 Å². The van der Waals surface area contributed by atoms with Crippen molar-refractivity contribution in [2.24, 2.45) is 0 Å². The molecule has 30 heavy (non-hydrogen) atoms. The maximum absolute atomic E-state index is 13.2. The molecule has 4 rings (SSSR count). The molecule has 0 bridgehead atoms. The molecule has 1 saturated heterocycles. The summed E-state index contributed by atoms with van der Waals surface area (Å²) in [5, 5.41) is 11.5. The molecule has 0 radical (unpaired) electrons. The van der Waals surface area contributed by atoms with Gasteiger partial charge >= 0.3 is 0 Å². The minimum absolute atomic E-state index is 0.268. The predicted octanol–water partition coefficient (Wildman–Crippen LogP) is 4.42. The summed E-state index contributed by atoms with van der Waals surface area (Å²) in [5.74, 6) is -0.268. The molecular formula is C24H23ClN2O3.